The fraction of sp³-hybridized carbons (Fsp3) is 0.0952. The number of aromatic nitrogens is 1. The number of carboxylic acids is 1. The number of amides is 2. The standard InChI is InChI=1S/C21H18ClN3O4/c22-15-7-4-8-16(13-15)23-20(28)21(29)24-25-17(10-12-19(26)27)9-11-18(25)14-5-2-1-3-6-14/h1-9,11,13H,10,12H2,(H,23,28)(H,24,29)(H,26,27). The van der Waals surface area contributed by atoms with Crippen molar-refractivity contribution >= 4 is 35.1 Å². The van der Waals surface area contributed by atoms with E-state index >= 15 is 0 Å². The SMILES string of the molecule is O=C(O)CCc1ccc(-c2ccccc2)n1NC(=O)C(=O)Nc1cccc(Cl)c1. The van der Waals surface area contributed by atoms with Gasteiger partial charge in [0.2, 0.25) is 0 Å². The van der Waals surface area contributed by atoms with Gasteiger partial charge in [-0.3, -0.25) is 24.5 Å². The van der Waals surface area contributed by atoms with Gasteiger partial charge in [-0.1, -0.05) is 48.0 Å². The number of carboxylic acid groups (broad SMARTS) is 1. The zero-order valence-corrected chi connectivity index (χ0v) is 16.0. The largest absolute Gasteiger partial charge is 0.481 e. The van der Waals surface area contributed by atoms with Gasteiger partial charge >= 0.3 is 17.8 Å². The fourth-order valence-corrected chi connectivity index (χ4v) is 2.97. The van der Waals surface area contributed by atoms with Crippen LogP contribution in [0.25, 0.3) is 11.3 Å². The molecule has 0 saturated heterocycles. The Hall–Kier alpha value is -3.58. The second-order valence-electron chi connectivity index (χ2n) is 6.21. The summed E-state index contributed by atoms with van der Waals surface area (Å²) in [7, 11) is 0. The summed E-state index contributed by atoms with van der Waals surface area (Å²) >= 11 is 5.89. The van der Waals surface area contributed by atoms with Crippen LogP contribution in [0.3, 0.4) is 0 Å². The monoisotopic (exact) mass is 411 g/mol. The molecule has 0 aliphatic heterocycles. The normalized spacial score (nSPS) is 10.4. The molecule has 7 nitrogen and oxygen atoms in total. The second kappa shape index (κ2) is 9.07. The molecule has 0 atom stereocenters. The number of halogens is 1. The van der Waals surface area contributed by atoms with E-state index in [0.717, 1.165) is 5.56 Å². The summed E-state index contributed by atoms with van der Waals surface area (Å²) < 4.78 is 1.44. The van der Waals surface area contributed by atoms with Gasteiger partial charge in [-0.05, 0) is 30.3 Å². The van der Waals surface area contributed by atoms with Crippen LogP contribution in [-0.2, 0) is 20.8 Å². The topological polar surface area (TPSA) is 100 Å². The predicted molar refractivity (Wildman–Crippen MR) is 110 cm³/mol. The first-order valence-electron chi connectivity index (χ1n) is 8.80. The van der Waals surface area contributed by atoms with E-state index in [1.54, 1.807) is 30.3 Å². The average Bonchev–Trinajstić information content (AvgIpc) is 3.09. The third-order valence-corrected chi connectivity index (χ3v) is 4.36. The van der Waals surface area contributed by atoms with Crippen LogP contribution in [0, 0.1) is 0 Å². The van der Waals surface area contributed by atoms with Gasteiger partial charge in [0.15, 0.2) is 0 Å². The quantitative estimate of drug-likeness (QED) is 0.540. The molecule has 8 heteroatoms. The van der Waals surface area contributed by atoms with Crippen LogP contribution in [0.1, 0.15) is 12.1 Å². The van der Waals surface area contributed by atoms with E-state index in [0.29, 0.717) is 22.1 Å². The highest BCUT2D eigenvalue weighted by molar-refractivity contribution is 6.42. The van der Waals surface area contributed by atoms with Crippen molar-refractivity contribution < 1.29 is 19.5 Å². The van der Waals surface area contributed by atoms with Crippen molar-refractivity contribution in [2.24, 2.45) is 0 Å². The molecular weight excluding hydrogens is 394 g/mol. The van der Waals surface area contributed by atoms with Gasteiger partial charge in [-0.25, -0.2) is 0 Å². The van der Waals surface area contributed by atoms with Crippen molar-refractivity contribution in [2.75, 3.05) is 10.7 Å². The Bertz CT molecular complexity index is 1050. The maximum atomic E-state index is 12.5. The molecule has 0 saturated carbocycles. The molecule has 3 rings (SSSR count). The van der Waals surface area contributed by atoms with Crippen molar-refractivity contribution in [3.63, 3.8) is 0 Å². The Kier molecular flexibility index (Phi) is 6.31. The molecule has 0 aliphatic carbocycles. The van der Waals surface area contributed by atoms with Gasteiger partial charge in [0, 0.05) is 28.4 Å². The molecule has 0 radical (unpaired) electrons. The Labute approximate surface area is 171 Å². The zero-order chi connectivity index (χ0) is 20.8. The van der Waals surface area contributed by atoms with Gasteiger partial charge in [-0.15, -0.1) is 0 Å². The average molecular weight is 412 g/mol. The van der Waals surface area contributed by atoms with E-state index < -0.39 is 17.8 Å². The molecular formula is C21H18ClN3O4. The molecule has 0 aliphatic rings. The van der Waals surface area contributed by atoms with Crippen molar-refractivity contribution in [3.05, 3.63) is 77.4 Å². The number of anilines is 1. The van der Waals surface area contributed by atoms with E-state index in [9.17, 15) is 14.4 Å². The molecule has 0 spiro atoms. The van der Waals surface area contributed by atoms with Crippen LogP contribution < -0.4 is 10.7 Å². The zero-order valence-electron chi connectivity index (χ0n) is 15.3. The molecule has 1 heterocycles. The molecule has 3 aromatic rings. The Morgan fingerprint density at radius 1 is 0.931 bits per heavy atom. The van der Waals surface area contributed by atoms with Crippen LogP contribution in [-0.4, -0.2) is 27.6 Å². The van der Waals surface area contributed by atoms with E-state index in [1.807, 2.05) is 30.3 Å². The van der Waals surface area contributed by atoms with Crippen molar-refractivity contribution in [2.45, 2.75) is 12.8 Å². The number of rotatable bonds is 6. The van der Waals surface area contributed by atoms with Crippen LogP contribution in [0.15, 0.2) is 66.7 Å². The van der Waals surface area contributed by atoms with Crippen molar-refractivity contribution in [3.8, 4) is 11.3 Å². The van der Waals surface area contributed by atoms with E-state index in [4.69, 9.17) is 16.7 Å². The Morgan fingerprint density at radius 2 is 1.69 bits per heavy atom. The first kappa shape index (κ1) is 20.2. The summed E-state index contributed by atoms with van der Waals surface area (Å²) in [5.74, 6) is -2.72. The number of carbonyl (C=O) groups excluding carboxylic acids is 2. The summed E-state index contributed by atoms with van der Waals surface area (Å²) in [5, 5.41) is 11.9. The number of carbonyl (C=O) groups is 3. The molecule has 148 valence electrons. The first-order valence-corrected chi connectivity index (χ1v) is 9.17. The molecule has 0 unspecified atom stereocenters. The number of aryl methyl sites for hydroxylation is 1. The Balaban J connectivity index is 1.83. The Morgan fingerprint density at radius 3 is 2.38 bits per heavy atom. The molecule has 3 N–H and O–H groups in total. The number of nitrogens with one attached hydrogen (secondary N) is 2. The fourth-order valence-electron chi connectivity index (χ4n) is 2.78. The highest BCUT2D eigenvalue weighted by Gasteiger charge is 2.18. The second-order valence-corrected chi connectivity index (χ2v) is 6.65. The predicted octanol–water partition coefficient (Wildman–Crippen LogP) is 3.53. The summed E-state index contributed by atoms with van der Waals surface area (Å²) in [6.45, 7) is 0. The lowest BCUT2D eigenvalue weighted by molar-refractivity contribution is -0.137. The maximum Gasteiger partial charge on any atom is 0.328 e. The third-order valence-electron chi connectivity index (χ3n) is 4.13. The first-order chi connectivity index (χ1) is 13.9. The van der Waals surface area contributed by atoms with Crippen LogP contribution >= 0.6 is 11.6 Å². The minimum absolute atomic E-state index is 0.108. The van der Waals surface area contributed by atoms with E-state index in [2.05, 4.69) is 10.7 Å². The summed E-state index contributed by atoms with van der Waals surface area (Å²) in [6.07, 6.45) is 0.0845. The molecule has 1 aromatic heterocycles. The number of aliphatic carboxylic acids is 1. The summed E-state index contributed by atoms with van der Waals surface area (Å²) in [4.78, 5) is 35.7. The minimum atomic E-state index is -0.955. The van der Waals surface area contributed by atoms with Gasteiger partial charge in [-0.2, -0.15) is 0 Å². The number of benzene rings is 2. The number of hydrogen-bond donors (Lipinski definition) is 3. The van der Waals surface area contributed by atoms with Gasteiger partial charge in [0.25, 0.3) is 0 Å². The number of nitrogens with zero attached hydrogens (tertiary/aromatic N) is 1. The van der Waals surface area contributed by atoms with Crippen LogP contribution in [0.5, 0.6) is 0 Å². The lowest BCUT2D eigenvalue weighted by atomic mass is 10.2. The molecule has 0 fully saturated rings. The third kappa shape index (κ3) is 5.24. The molecule has 2 aromatic carbocycles. The summed E-state index contributed by atoms with van der Waals surface area (Å²) in [6, 6.07) is 19.2. The highest BCUT2D eigenvalue weighted by atomic mass is 35.5. The molecule has 0 bridgehead atoms. The minimum Gasteiger partial charge on any atom is -0.481 e. The van der Waals surface area contributed by atoms with Crippen molar-refractivity contribution in [1.29, 1.82) is 0 Å². The van der Waals surface area contributed by atoms with Gasteiger partial charge in [0.1, 0.15) is 0 Å². The van der Waals surface area contributed by atoms with Crippen molar-refractivity contribution in [1.82, 2.24) is 4.68 Å². The van der Waals surface area contributed by atoms with Crippen LogP contribution in [0.4, 0.5) is 5.69 Å². The van der Waals surface area contributed by atoms with Gasteiger partial charge < -0.3 is 10.4 Å². The van der Waals surface area contributed by atoms with E-state index in [-0.39, 0.29) is 12.8 Å². The lowest BCUT2D eigenvalue weighted by Gasteiger charge is -2.15. The lowest BCUT2D eigenvalue weighted by Crippen LogP contribution is -2.35. The van der Waals surface area contributed by atoms with Gasteiger partial charge in [0.05, 0.1) is 12.1 Å². The number of hydrogen-bond acceptors (Lipinski definition) is 3. The summed E-state index contributed by atoms with van der Waals surface area (Å²) in [5.41, 5.74) is 4.95. The molecule has 2 amide bonds. The van der Waals surface area contributed by atoms with Crippen LogP contribution in [0.2, 0.25) is 5.02 Å². The van der Waals surface area contributed by atoms with E-state index in [1.165, 1.54) is 10.7 Å². The smallest absolute Gasteiger partial charge is 0.328 e. The molecule has 29 heavy (non-hydrogen) atoms. The maximum absolute atomic E-state index is 12.5. The highest BCUT2D eigenvalue weighted by Crippen LogP contribution is 2.22.